The normalized spacial score (nSPS) is 16.2. The number of ether oxygens (including phenoxy) is 2. The summed E-state index contributed by atoms with van der Waals surface area (Å²) >= 11 is 0. The Kier molecular flexibility index (Phi) is 5.39. The monoisotopic (exact) mass is 339 g/mol. The molecule has 25 heavy (non-hydrogen) atoms. The molecule has 0 atom stereocenters. The third-order valence-corrected chi connectivity index (χ3v) is 4.84. The standard InChI is InChI=1S/C21H25NO3/c1-3-25-19-10-9-18(15-16(19)2)22-20(23)21(11-13-24-14-12-21)17-7-5-4-6-8-17/h4-10,15H,3,11-14H2,1-2H3,(H,22,23). The number of aryl methyl sites for hydroxylation is 1. The quantitative estimate of drug-likeness (QED) is 0.893. The van der Waals surface area contributed by atoms with Crippen molar-refractivity contribution in [2.45, 2.75) is 32.1 Å². The zero-order chi connectivity index (χ0) is 17.7. The highest BCUT2D eigenvalue weighted by atomic mass is 16.5. The van der Waals surface area contributed by atoms with Crippen LogP contribution in [0, 0.1) is 6.92 Å². The van der Waals surface area contributed by atoms with Crippen molar-refractivity contribution in [3.8, 4) is 5.75 Å². The van der Waals surface area contributed by atoms with Gasteiger partial charge in [0.25, 0.3) is 0 Å². The van der Waals surface area contributed by atoms with Crippen LogP contribution < -0.4 is 10.1 Å². The number of amides is 1. The Balaban J connectivity index is 1.85. The number of carbonyl (C=O) groups excluding carboxylic acids is 1. The highest BCUT2D eigenvalue weighted by Gasteiger charge is 2.41. The smallest absolute Gasteiger partial charge is 0.235 e. The maximum atomic E-state index is 13.2. The first-order valence-corrected chi connectivity index (χ1v) is 8.84. The SMILES string of the molecule is CCOc1ccc(NC(=O)C2(c3ccccc3)CCOCC2)cc1C. The molecule has 0 aromatic heterocycles. The summed E-state index contributed by atoms with van der Waals surface area (Å²) in [5.41, 5.74) is 2.33. The molecule has 1 amide bonds. The van der Waals surface area contributed by atoms with Crippen LogP contribution in [-0.2, 0) is 14.9 Å². The summed E-state index contributed by atoms with van der Waals surface area (Å²) in [7, 11) is 0. The molecule has 0 radical (unpaired) electrons. The molecule has 1 aliphatic heterocycles. The minimum Gasteiger partial charge on any atom is -0.494 e. The minimum atomic E-state index is -0.536. The van der Waals surface area contributed by atoms with E-state index in [0.717, 1.165) is 22.6 Å². The van der Waals surface area contributed by atoms with Crippen LogP contribution in [0.15, 0.2) is 48.5 Å². The van der Waals surface area contributed by atoms with Crippen molar-refractivity contribution in [1.29, 1.82) is 0 Å². The van der Waals surface area contributed by atoms with E-state index in [0.29, 0.717) is 32.7 Å². The van der Waals surface area contributed by atoms with Crippen LogP contribution in [0.3, 0.4) is 0 Å². The Hall–Kier alpha value is -2.33. The molecule has 1 saturated heterocycles. The molecular weight excluding hydrogens is 314 g/mol. The Morgan fingerprint density at radius 2 is 1.88 bits per heavy atom. The molecule has 1 fully saturated rings. The maximum absolute atomic E-state index is 13.2. The van der Waals surface area contributed by atoms with Gasteiger partial charge >= 0.3 is 0 Å². The molecule has 4 nitrogen and oxygen atoms in total. The number of carbonyl (C=O) groups is 1. The van der Waals surface area contributed by atoms with Crippen LogP contribution in [0.4, 0.5) is 5.69 Å². The summed E-state index contributed by atoms with van der Waals surface area (Å²) in [4.78, 5) is 13.2. The van der Waals surface area contributed by atoms with Gasteiger partial charge in [-0.2, -0.15) is 0 Å². The van der Waals surface area contributed by atoms with Crippen LogP contribution in [0.25, 0.3) is 0 Å². The lowest BCUT2D eigenvalue weighted by atomic mass is 9.73. The Labute approximate surface area is 149 Å². The van der Waals surface area contributed by atoms with Crippen LogP contribution in [0.1, 0.15) is 30.9 Å². The van der Waals surface area contributed by atoms with Crippen molar-refractivity contribution in [1.82, 2.24) is 0 Å². The molecule has 0 bridgehead atoms. The summed E-state index contributed by atoms with van der Waals surface area (Å²) < 4.78 is 11.1. The van der Waals surface area contributed by atoms with E-state index < -0.39 is 5.41 Å². The van der Waals surface area contributed by atoms with Gasteiger partial charge in [0.15, 0.2) is 0 Å². The summed E-state index contributed by atoms with van der Waals surface area (Å²) in [6.45, 7) is 5.78. The summed E-state index contributed by atoms with van der Waals surface area (Å²) in [5.74, 6) is 0.884. The Morgan fingerprint density at radius 3 is 2.52 bits per heavy atom. The van der Waals surface area contributed by atoms with Crippen molar-refractivity contribution < 1.29 is 14.3 Å². The molecule has 3 rings (SSSR count). The van der Waals surface area contributed by atoms with Gasteiger partial charge in [0, 0.05) is 18.9 Å². The van der Waals surface area contributed by atoms with Crippen LogP contribution >= 0.6 is 0 Å². The number of nitrogens with one attached hydrogen (secondary N) is 1. The molecule has 0 aliphatic carbocycles. The highest BCUT2D eigenvalue weighted by molar-refractivity contribution is 5.99. The average molecular weight is 339 g/mol. The summed E-state index contributed by atoms with van der Waals surface area (Å²) in [5, 5.41) is 3.11. The van der Waals surface area contributed by atoms with Crippen LogP contribution in [0.2, 0.25) is 0 Å². The van der Waals surface area contributed by atoms with Crippen molar-refractivity contribution in [3.05, 3.63) is 59.7 Å². The van der Waals surface area contributed by atoms with Crippen LogP contribution in [0.5, 0.6) is 5.75 Å². The zero-order valence-electron chi connectivity index (χ0n) is 14.9. The minimum absolute atomic E-state index is 0.0329. The van der Waals surface area contributed by atoms with Gasteiger partial charge in [0.2, 0.25) is 5.91 Å². The fourth-order valence-electron chi connectivity index (χ4n) is 3.42. The predicted molar refractivity (Wildman–Crippen MR) is 99.2 cm³/mol. The maximum Gasteiger partial charge on any atom is 0.235 e. The van der Waals surface area contributed by atoms with Crippen molar-refractivity contribution >= 4 is 11.6 Å². The van der Waals surface area contributed by atoms with E-state index in [4.69, 9.17) is 9.47 Å². The molecule has 0 saturated carbocycles. The molecule has 0 unspecified atom stereocenters. The number of benzene rings is 2. The van der Waals surface area contributed by atoms with E-state index in [9.17, 15) is 4.79 Å². The predicted octanol–water partition coefficient (Wildman–Crippen LogP) is 4.08. The van der Waals surface area contributed by atoms with E-state index in [-0.39, 0.29) is 5.91 Å². The number of rotatable bonds is 5. The second-order valence-electron chi connectivity index (χ2n) is 6.43. The largest absolute Gasteiger partial charge is 0.494 e. The zero-order valence-corrected chi connectivity index (χ0v) is 14.9. The van der Waals surface area contributed by atoms with Crippen molar-refractivity contribution in [2.75, 3.05) is 25.1 Å². The van der Waals surface area contributed by atoms with E-state index >= 15 is 0 Å². The summed E-state index contributed by atoms with van der Waals surface area (Å²) in [6, 6.07) is 15.8. The van der Waals surface area contributed by atoms with E-state index in [1.54, 1.807) is 0 Å². The second kappa shape index (κ2) is 7.70. The first kappa shape index (κ1) is 17.5. The lowest BCUT2D eigenvalue weighted by molar-refractivity contribution is -0.125. The summed E-state index contributed by atoms with van der Waals surface area (Å²) in [6.07, 6.45) is 1.39. The number of hydrogen-bond donors (Lipinski definition) is 1. The van der Waals surface area contributed by atoms with Gasteiger partial charge in [-0.1, -0.05) is 30.3 Å². The molecule has 4 heteroatoms. The topological polar surface area (TPSA) is 47.6 Å². The van der Waals surface area contributed by atoms with Crippen molar-refractivity contribution in [3.63, 3.8) is 0 Å². The third-order valence-electron chi connectivity index (χ3n) is 4.84. The van der Waals surface area contributed by atoms with Gasteiger partial charge < -0.3 is 14.8 Å². The molecule has 1 N–H and O–H groups in total. The first-order valence-electron chi connectivity index (χ1n) is 8.84. The molecule has 0 spiro atoms. The third kappa shape index (κ3) is 3.69. The number of hydrogen-bond acceptors (Lipinski definition) is 3. The highest BCUT2D eigenvalue weighted by Crippen LogP contribution is 2.36. The molecule has 1 aliphatic rings. The first-order chi connectivity index (χ1) is 12.2. The fraction of sp³-hybridized carbons (Fsp3) is 0.381. The van der Waals surface area contributed by atoms with Gasteiger partial charge in [-0.05, 0) is 56.0 Å². The molecule has 2 aromatic rings. The van der Waals surface area contributed by atoms with E-state index in [1.165, 1.54) is 0 Å². The Bertz CT molecular complexity index is 721. The lowest BCUT2D eigenvalue weighted by Crippen LogP contribution is -2.44. The van der Waals surface area contributed by atoms with Gasteiger partial charge in [-0.25, -0.2) is 0 Å². The molecule has 2 aromatic carbocycles. The van der Waals surface area contributed by atoms with Gasteiger partial charge in [-0.15, -0.1) is 0 Å². The Morgan fingerprint density at radius 1 is 1.16 bits per heavy atom. The van der Waals surface area contributed by atoms with Gasteiger partial charge in [0.05, 0.1) is 12.0 Å². The van der Waals surface area contributed by atoms with Crippen LogP contribution in [-0.4, -0.2) is 25.7 Å². The molecule has 132 valence electrons. The van der Waals surface area contributed by atoms with Gasteiger partial charge in [-0.3, -0.25) is 4.79 Å². The lowest BCUT2D eigenvalue weighted by Gasteiger charge is -2.36. The van der Waals surface area contributed by atoms with Crippen molar-refractivity contribution in [2.24, 2.45) is 0 Å². The van der Waals surface area contributed by atoms with E-state index in [1.807, 2.05) is 62.4 Å². The van der Waals surface area contributed by atoms with Gasteiger partial charge in [0.1, 0.15) is 5.75 Å². The second-order valence-corrected chi connectivity index (χ2v) is 6.43. The molecule has 1 heterocycles. The number of anilines is 1. The molecular formula is C21H25NO3. The van der Waals surface area contributed by atoms with E-state index in [2.05, 4.69) is 5.32 Å². The fourth-order valence-corrected chi connectivity index (χ4v) is 3.42. The average Bonchev–Trinajstić information content (AvgIpc) is 2.65.